The molecule has 2 rings (SSSR count). The minimum absolute atomic E-state index is 0.329. The van der Waals surface area contributed by atoms with E-state index in [1.54, 1.807) is 6.07 Å². The highest BCUT2D eigenvalue weighted by atomic mass is 19.1. The molecular formula is C12H14FN3. The normalized spacial score (nSPS) is 17.0. The first kappa shape index (κ1) is 11.1. The van der Waals surface area contributed by atoms with Crippen LogP contribution in [0, 0.1) is 17.1 Å². The number of hydrogen-bond donors (Lipinski definition) is 1. The Morgan fingerprint density at radius 3 is 2.75 bits per heavy atom. The van der Waals surface area contributed by atoms with Gasteiger partial charge in [0.25, 0.3) is 0 Å². The van der Waals surface area contributed by atoms with Gasteiger partial charge in [-0.3, -0.25) is 4.90 Å². The molecule has 0 atom stereocenters. The molecule has 0 radical (unpaired) electrons. The first-order chi connectivity index (χ1) is 7.78. The van der Waals surface area contributed by atoms with E-state index in [0.717, 1.165) is 31.7 Å². The summed E-state index contributed by atoms with van der Waals surface area (Å²) in [6, 6.07) is 6.50. The van der Waals surface area contributed by atoms with Gasteiger partial charge < -0.3 is 5.32 Å². The molecule has 1 N–H and O–H groups in total. The van der Waals surface area contributed by atoms with Gasteiger partial charge in [-0.1, -0.05) is 0 Å². The zero-order valence-electron chi connectivity index (χ0n) is 9.04. The van der Waals surface area contributed by atoms with Crippen LogP contribution in [0.5, 0.6) is 0 Å². The molecule has 84 valence electrons. The smallest absolute Gasteiger partial charge is 0.124 e. The third-order valence-electron chi connectivity index (χ3n) is 2.70. The molecule has 1 aliphatic rings. The van der Waals surface area contributed by atoms with Crippen molar-refractivity contribution in [2.24, 2.45) is 0 Å². The van der Waals surface area contributed by atoms with Crippen molar-refractivity contribution in [3.05, 3.63) is 35.1 Å². The number of rotatable bonds is 2. The Bertz CT molecular complexity index is 405. The number of nitriles is 1. The fourth-order valence-electron chi connectivity index (χ4n) is 1.93. The second-order valence-electron chi connectivity index (χ2n) is 3.99. The van der Waals surface area contributed by atoms with Gasteiger partial charge in [-0.15, -0.1) is 0 Å². The lowest BCUT2D eigenvalue weighted by molar-refractivity contribution is 0.233. The zero-order valence-corrected chi connectivity index (χ0v) is 9.04. The Kier molecular flexibility index (Phi) is 3.50. The molecule has 1 aromatic carbocycles. The van der Waals surface area contributed by atoms with E-state index in [2.05, 4.69) is 10.2 Å². The van der Waals surface area contributed by atoms with Crippen LogP contribution in [0.4, 0.5) is 4.39 Å². The van der Waals surface area contributed by atoms with Gasteiger partial charge in [0.05, 0.1) is 11.6 Å². The summed E-state index contributed by atoms with van der Waals surface area (Å²) in [6.45, 7) is 4.60. The molecule has 0 spiro atoms. The summed E-state index contributed by atoms with van der Waals surface area (Å²) in [7, 11) is 0. The monoisotopic (exact) mass is 219 g/mol. The Hall–Kier alpha value is -1.44. The largest absolute Gasteiger partial charge is 0.314 e. The number of piperazine rings is 1. The van der Waals surface area contributed by atoms with Crippen molar-refractivity contribution in [3.63, 3.8) is 0 Å². The highest BCUT2D eigenvalue weighted by molar-refractivity contribution is 5.33. The minimum Gasteiger partial charge on any atom is -0.314 e. The Morgan fingerprint density at radius 1 is 1.31 bits per heavy atom. The molecule has 1 aromatic rings. The lowest BCUT2D eigenvalue weighted by Gasteiger charge is -2.27. The number of hydrogen-bond acceptors (Lipinski definition) is 3. The molecule has 0 saturated carbocycles. The number of nitrogens with one attached hydrogen (secondary N) is 1. The topological polar surface area (TPSA) is 39.1 Å². The highest BCUT2D eigenvalue weighted by Crippen LogP contribution is 2.11. The van der Waals surface area contributed by atoms with E-state index in [1.807, 2.05) is 6.07 Å². The van der Waals surface area contributed by atoms with E-state index in [0.29, 0.717) is 12.1 Å². The predicted molar refractivity (Wildman–Crippen MR) is 59.3 cm³/mol. The van der Waals surface area contributed by atoms with E-state index >= 15 is 0 Å². The molecule has 0 bridgehead atoms. The maximum atomic E-state index is 13.2. The average Bonchev–Trinajstić information content (AvgIpc) is 2.29. The van der Waals surface area contributed by atoms with Gasteiger partial charge in [-0.25, -0.2) is 4.39 Å². The Labute approximate surface area is 94.5 Å². The van der Waals surface area contributed by atoms with Gasteiger partial charge in [0.15, 0.2) is 0 Å². The first-order valence-electron chi connectivity index (χ1n) is 5.40. The van der Waals surface area contributed by atoms with Crippen LogP contribution in [0.25, 0.3) is 0 Å². The van der Waals surface area contributed by atoms with Crippen LogP contribution in [0.1, 0.15) is 11.1 Å². The van der Waals surface area contributed by atoms with Gasteiger partial charge >= 0.3 is 0 Å². The maximum absolute atomic E-state index is 13.2. The van der Waals surface area contributed by atoms with E-state index in [4.69, 9.17) is 5.26 Å². The summed E-state index contributed by atoms with van der Waals surface area (Å²) in [5, 5.41) is 12.0. The third kappa shape index (κ3) is 2.78. The first-order valence-corrected chi connectivity index (χ1v) is 5.40. The van der Waals surface area contributed by atoms with Crippen molar-refractivity contribution in [1.29, 1.82) is 5.26 Å². The molecule has 0 aromatic heterocycles. The van der Waals surface area contributed by atoms with Crippen LogP contribution < -0.4 is 5.32 Å². The molecule has 1 fully saturated rings. The maximum Gasteiger partial charge on any atom is 0.124 e. The van der Waals surface area contributed by atoms with Crippen LogP contribution in [-0.4, -0.2) is 31.1 Å². The molecule has 1 aliphatic heterocycles. The molecule has 0 aliphatic carbocycles. The summed E-state index contributed by atoms with van der Waals surface area (Å²) in [5.74, 6) is -0.329. The number of halogens is 1. The second-order valence-corrected chi connectivity index (χ2v) is 3.99. The molecule has 4 heteroatoms. The summed E-state index contributed by atoms with van der Waals surface area (Å²) in [6.07, 6.45) is 0. The fraction of sp³-hybridized carbons (Fsp3) is 0.417. The fourth-order valence-corrected chi connectivity index (χ4v) is 1.93. The zero-order chi connectivity index (χ0) is 11.4. The number of benzene rings is 1. The predicted octanol–water partition coefficient (Wildman–Crippen LogP) is 1.10. The lowest BCUT2D eigenvalue weighted by atomic mass is 10.1. The standard InChI is InChI=1S/C12H14FN3/c13-12-6-10(8-14)5-11(7-12)9-16-3-1-15-2-4-16/h5-7,15H,1-4,9H2. The third-order valence-corrected chi connectivity index (χ3v) is 2.70. The van der Waals surface area contributed by atoms with Crippen molar-refractivity contribution in [2.45, 2.75) is 6.54 Å². The van der Waals surface area contributed by atoms with E-state index in [1.165, 1.54) is 12.1 Å². The molecule has 1 heterocycles. The van der Waals surface area contributed by atoms with Gasteiger partial charge in [-0.2, -0.15) is 5.26 Å². The summed E-state index contributed by atoms with van der Waals surface area (Å²) in [4.78, 5) is 2.26. The van der Waals surface area contributed by atoms with Crippen LogP contribution in [0.15, 0.2) is 18.2 Å². The molecular weight excluding hydrogens is 205 g/mol. The van der Waals surface area contributed by atoms with Crippen LogP contribution >= 0.6 is 0 Å². The van der Waals surface area contributed by atoms with Crippen molar-refractivity contribution < 1.29 is 4.39 Å². The van der Waals surface area contributed by atoms with Crippen molar-refractivity contribution in [2.75, 3.05) is 26.2 Å². The summed E-state index contributed by atoms with van der Waals surface area (Å²) in [5.41, 5.74) is 1.27. The Balaban J connectivity index is 2.08. The van der Waals surface area contributed by atoms with Gasteiger partial charge in [0, 0.05) is 32.7 Å². The highest BCUT2D eigenvalue weighted by Gasteiger charge is 2.10. The molecule has 0 unspecified atom stereocenters. The van der Waals surface area contributed by atoms with Crippen LogP contribution in [0.3, 0.4) is 0 Å². The molecule has 0 amide bonds. The Morgan fingerprint density at radius 2 is 2.06 bits per heavy atom. The van der Waals surface area contributed by atoms with Gasteiger partial charge in [0.2, 0.25) is 0 Å². The molecule has 1 saturated heterocycles. The van der Waals surface area contributed by atoms with E-state index < -0.39 is 0 Å². The minimum atomic E-state index is -0.329. The van der Waals surface area contributed by atoms with Crippen molar-refractivity contribution in [1.82, 2.24) is 10.2 Å². The summed E-state index contributed by atoms with van der Waals surface area (Å²) < 4.78 is 13.2. The van der Waals surface area contributed by atoms with Crippen molar-refractivity contribution >= 4 is 0 Å². The van der Waals surface area contributed by atoms with Crippen molar-refractivity contribution in [3.8, 4) is 6.07 Å². The second kappa shape index (κ2) is 5.06. The molecule has 16 heavy (non-hydrogen) atoms. The van der Waals surface area contributed by atoms with E-state index in [9.17, 15) is 4.39 Å². The van der Waals surface area contributed by atoms with Gasteiger partial charge in [-0.05, 0) is 23.8 Å². The van der Waals surface area contributed by atoms with Crippen LogP contribution in [0.2, 0.25) is 0 Å². The van der Waals surface area contributed by atoms with Crippen LogP contribution in [-0.2, 0) is 6.54 Å². The average molecular weight is 219 g/mol. The molecule has 3 nitrogen and oxygen atoms in total. The number of nitrogens with zero attached hydrogens (tertiary/aromatic N) is 2. The quantitative estimate of drug-likeness (QED) is 0.809. The van der Waals surface area contributed by atoms with E-state index in [-0.39, 0.29) is 5.82 Å². The lowest BCUT2D eigenvalue weighted by Crippen LogP contribution is -2.42. The summed E-state index contributed by atoms with van der Waals surface area (Å²) >= 11 is 0. The SMILES string of the molecule is N#Cc1cc(F)cc(CN2CCNCC2)c1. The van der Waals surface area contributed by atoms with Gasteiger partial charge in [0.1, 0.15) is 5.82 Å².